The summed E-state index contributed by atoms with van der Waals surface area (Å²) in [6.07, 6.45) is 2.03. The number of carbonyl (C=O) groups excluding carboxylic acids is 2. The first kappa shape index (κ1) is 16.0. The molecule has 1 aliphatic carbocycles. The minimum Gasteiger partial charge on any atom is -0.423 e. The summed E-state index contributed by atoms with van der Waals surface area (Å²) in [6, 6.07) is 11.7. The molecule has 0 bridgehead atoms. The fourth-order valence-electron chi connectivity index (χ4n) is 2.01. The summed E-state index contributed by atoms with van der Waals surface area (Å²) in [5.41, 5.74) is 0.790. The summed E-state index contributed by atoms with van der Waals surface area (Å²) in [5.74, 6) is -0.390. The van der Waals surface area contributed by atoms with Crippen LogP contribution in [-0.2, 0) is 0 Å². The number of hydrogen-bond acceptors (Lipinski definition) is 3. The van der Waals surface area contributed by atoms with Crippen LogP contribution in [0.15, 0.2) is 46.9 Å². The minimum atomic E-state index is -0.542. The van der Waals surface area contributed by atoms with E-state index in [4.69, 9.17) is 16.3 Å². The number of nitrogens with one attached hydrogen (secondary N) is 1. The van der Waals surface area contributed by atoms with Crippen molar-refractivity contribution in [1.82, 2.24) is 5.32 Å². The minimum absolute atomic E-state index is 0.158. The van der Waals surface area contributed by atoms with Gasteiger partial charge in [0.2, 0.25) is 0 Å². The van der Waals surface area contributed by atoms with Crippen molar-refractivity contribution in [1.29, 1.82) is 0 Å². The first-order chi connectivity index (χ1) is 11.0. The van der Waals surface area contributed by atoms with Crippen molar-refractivity contribution >= 4 is 39.4 Å². The monoisotopic (exact) mass is 393 g/mol. The lowest BCUT2D eigenvalue weighted by Crippen LogP contribution is -2.25. The number of rotatable bonds is 4. The maximum atomic E-state index is 12.2. The van der Waals surface area contributed by atoms with Gasteiger partial charge in [-0.1, -0.05) is 17.7 Å². The molecule has 23 heavy (non-hydrogen) atoms. The SMILES string of the molecule is O=C(NC1CC1)c1cccc(OC(=O)c2cc(Cl)ccc2Br)c1. The van der Waals surface area contributed by atoms with E-state index in [1.165, 1.54) is 6.07 Å². The predicted octanol–water partition coefficient (Wildman–Crippen LogP) is 4.21. The van der Waals surface area contributed by atoms with Gasteiger partial charge in [-0.25, -0.2) is 4.79 Å². The van der Waals surface area contributed by atoms with Gasteiger partial charge in [-0.15, -0.1) is 0 Å². The summed E-state index contributed by atoms with van der Waals surface area (Å²) >= 11 is 9.20. The van der Waals surface area contributed by atoms with Gasteiger partial charge in [-0.2, -0.15) is 0 Å². The average Bonchev–Trinajstić information content (AvgIpc) is 3.34. The molecular weight excluding hydrogens is 382 g/mol. The first-order valence-corrected chi connectivity index (χ1v) is 8.28. The Hall–Kier alpha value is -1.85. The topological polar surface area (TPSA) is 55.4 Å². The molecule has 118 valence electrons. The lowest BCUT2D eigenvalue weighted by molar-refractivity contribution is 0.0732. The Morgan fingerprint density at radius 3 is 2.70 bits per heavy atom. The van der Waals surface area contributed by atoms with Crippen molar-refractivity contribution in [2.45, 2.75) is 18.9 Å². The number of benzene rings is 2. The van der Waals surface area contributed by atoms with Gasteiger partial charge in [0.15, 0.2) is 0 Å². The van der Waals surface area contributed by atoms with E-state index < -0.39 is 5.97 Å². The van der Waals surface area contributed by atoms with Crippen molar-refractivity contribution < 1.29 is 14.3 Å². The molecule has 1 aliphatic rings. The molecule has 3 rings (SSSR count). The van der Waals surface area contributed by atoms with Crippen molar-refractivity contribution in [3.8, 4) is 5.75 Å². The molecule has 0 radical (unpaired) electrons. The molecule has 0 atom stereocenters. The largest absolute Gasteiger partial charge is 0.423 e. The zero-order valence-electron chi connectivity index (χ0n) is 12.0. The van der Waals surface area contributed by atoms with E-state index >= 15 is 0 Å². The molecule has 0 aliphatic heterocycles. The normalized spacial score (nSPS) is 13.5. The predicted molar refractivity (Wildman–Crippen MR) is 91.0 cm³/mol. The summed E-state index contributed by atoms with van der Waals surface area (Å²) in [6.45, 7) is 0. The number of halogens is 2. The number of esters is 1. The number of carbonyl (C=O) groups is 2. The maximum absolute atomic E-state index is 12.2. The molecule has 2 aromatic carbocycles. The fourth-order valence-corrected chi connectivity index (χ4v) is 2.59. The van der Waals surface area contributed by atoms with Crippen LogP contribution in [0.5, 0.6) is 5.75 Å². The molecule has 0 spiro atoms. The zero-order chi connectivity index (χ0) is 16.4. The second-order valence-corrected chi connectivity index (χ2v) is 6.58. The van der Waals surface area contributed by atoms with Gasteiger partial charge in [0.25, 0.3) is 5.91 Å². The van der Waals surface area contributed by atoms with E-state index in [1.54, 1.807) is 36.4 Å². The Bertz CT molecular complexity index is 774. The van der Waals surface area contributed by atoms with Crippen LogP contribution in [0.1, 0.15) is 33.6 Å². The molecule has 0 unspecified atom stereocenters. The van der Waals surface area contributed by atoms with Crippen molar-refractivity contribution in [2.75, 3.05) is 0 Å². The van der Waals surface area contributed by atoms with Gasteiger partial charge in [0.1, 0.15) is 5.75 Å². The molecule has 0 aromatic heterocycles. The lowest BCUT2D eigenvalue weighted by Gasteiger charge is -2.08. The van der Waals surface area contributed by atoms with Crippen LogP contribution in [0.3, 0.4) is 0 Å². The highest BCUT2D eigenvalue weighted by Gasteiger charge is 2.24. The molecule has 1 N–H and O–H groups in total. The molecule has 2 aromatic rings. The van der Waals surface area contributed by atoms with Crippen molar-refractivity contribution in [3.05, 3.63) is 63.1 Å². The second kappa shape index (κ2) is 6.72. The molecule has 6 heteroatoms. The molecule has 4 nitrogen and oxygen atoms in total. The highest BCUT2D eigenvalue weighted by atomic mass is 79.9. The fraction of sp³-hybridized carbons (Fsp3) is 0.176. The van der Waals surface area contributed by atoms with Crippen LogP contribution in [0.4, 0.5) is 0 Å². The summed E-state index contributed by atoms with van der Waals surface area (Å²) in [4.78, 5) is 24.3. The Kier molecular flexibility index (Phi) is 4.68. The van der Waals surface area contributed by atoms with E-state index in [0.717, 1.165) is 12.8 Å². The molecule has 1 amide bonds. The third-order valence-corrected chi connectivity index (χ3v) is 4.29. The van der Waals surface area contributed by atoms with Gasteiger partial charge in [-0.3, -0.25) is 4.79 Å². The van der Waals surface area contributed by atoms with Crippen LogP contribution in [0.25, 0.3) is 0 Å². The van der Waals surface area contributed by atoms with Crippen LogP contribution in [-0.4, -0.2) is 17.9 Å². The van der Waals surface area contributed by atoms with Crippen molar-refractivity contribution in [3.63, 3.8) is 0 Å². The Balaban J connectivity index is 1.75. The van der Waals surface area contributed by atoms with E-state index in [1.807, 2.05) is 0 Å². The van der Waals surface area contributed by atoms with Crippen LogP contribution < -0.4 is 10.1 Å². The molecule has 0 heterocycles. The maximum Gasteiger partial charge on any atom is 0.344 e. The number of amides is 1. The summed E-state index contributed by atoms with van der Waals surface area (Å²) < 4.78 is 5.93. The van der Waals surface area contributed by atoms with E-state index in [9.17, 15) is 9.59 Å². The first-order valence-electron chi connectivity index (χ1n) is 7.11. The Morgan fingerprint density at radius 2 is 1.96 bits per heavy atom. The standard InChI is InChI=1S/C17H13BrClNO3/c18-15-7-4-11(19)9-14(15)17(22)23-13-3-1-2-10(8-13)16(21)20-12-5-6-12/h1-4,7-9,12H,5-6H2,(H,20,21). The second-order valence-electron chi connectivity index (χ2n) is 5.29. The molecular formula is C17H13BrClNO3. The van der Waals surface area contributed by atoms with Crippen LogP contribution in [0, 0.1) is 0 Å². The van der Waals surface area contributed by atoms with Crippen LogP contribution >= 0.6 is 27.5 Å². The van der Waals surface area contributed by atoms with Crippen molar-refractivity contribution in [2.24, 2.45) is 0 Å². The molecule has 1 fully saturated rings. The lowest BCUT2D eigenvalue weighted by atomic mass is 10.2. The zero-order valence-corrected chi connectivity index (χ0v) is 14.4. The van der Waals surface area contributed by atoms with Gasteiger partial charge >= 0.3 is 5.97 Å². The van der Waals surface area contributed by atoms with Crippen LogP contribution in [0.2, 0.25) is 5.02 Å². The molecule has 1 saturated carbocycles. The summed E-state index contributed by atoms with van der Waals surface area (Å²) in [7, 11) is 0. The summed E-state index contributed by atoms with van der Waals surface area (Å²) in [5, 5.41) is 3.34. The third kappa shape index (κ3) is 4.12. The Morgan fingerprint density at radius 1 is 1.17 bits per heavy atom. The van der Waals surface area contributed by atoms with E-state index in [2.05, 4.69) is 21.2 Å². The van der Waals surface area contributed by atoms with E-state index in [0.29, 0.717) is 26.4 Å². The van der Waals surface area contributed by atoms with E-state index in [-0.39, 0.29) is 11.9 Å². The molecule has 0 saturated heterocycles. The number of hydrogen-bond donors (Lipinski definition) is 1. The smallest absolute Gasteiger partial charge is 0.344 e. The van der Waals surface area contributed by atoms with Gasteiger partial charge < -0.3 is 10.1 Å². The average molecular weight is 395 g/mol. The Labute approximate surface area is 146 Å². The van der Waals surface area contributed by atoms with Gasteiger partial charge in [-0.05, 0) is 65.2 Å². The highest BCUT2D eigenvalue weighted by Crippen LogP contribution is 2.24. The van der Waals surface area contributed by atoms with Gasteiger partial charge in [0.05, 0.1) is 5.56 Å². The van der Waals surface area contributed by atoms with Gasteiger partial charge in [0, 0.05) is 21.1 Å². The quantitative estimate of drug-likeness (QED) is 0.624. The highest BCUT2D eigenvalue weighted by molar-refractivity contribution is 9.10. The third-order valence-electron chi connectivity index (χ3n) is 3.37. The number of ether oxygens (including phenoxy) is 1.